The van der Waals surface area contributed by atoms with Gasteiger partial charge in [-0.05, 0) is 12.8 Å². The lowest BCUT2D eigenvalue weighted by molar-refractivity contribution is -0.137. The molecule has 0 aromatic heterocycles. The molecule has 3 aliphatic rings. The van der Waals surface area contributed by atoms with Crippen molar-refractivity contribution in [1.82, 2.24) is 20.2 Å². The smallest absolute Gasteiger partial charge is 0.338 e. The molecule has 2 bridgehead atoms. The van der Waals surface area contributed by atoms with Crippen LogP contribution in [0.25, 0.3) is 0 Å². The molecular formula is C11H18N4O6S. The molecule has 0 spiro atoms. The number of fused-ring (bicyclic) bond motifs is 2. The highest BCUT2D eigenvalue weighted by Gasteiger charge is 2.50. The van der Waals surface area contributed by atoms with Gasteiger partial charge in [0.05, 0.1) is 6.04 Å². The van der Waals surface area contributed by atoms with Crippen LogP contribution in [0.2, 0.25) is 0 Å². The predicted molar refractivity (Wildman–Crippen MR) is 72.8 cm³/mol. The lowest BCUT2D eigenvalue weighted by Crippen LogP contribution is -2.55. The van der Waals surface area contributed by atoms with Crippen molar-refractivity contribution in [2.75, 3.05) is 32.7 Å². The number of nitrogens with one attached hydrogen (secondary N) is 1. The summed E-state index contributed by atoms with van der Waals surface area (Å²) in [4.78, 5) is 27.8. The van der Waals surface area contributed by atoms with Gasteiger partial charge in [0, 0.05) is 32.7 Å². The Bertz CT molecular complexity index is 575. The minimum Gasteiger partial charge on any atom is -0.338 e. The van der Waals surface area contributed by atoms with E-state index in [1.165, 1.54) is 4.90 Å². The first kappa shape index (κ1) is 15.5. The largest absolute Gasteiger partial charge is 0.418 e. The molecule has 124 valence electrons. The van der Waals surface area contributed by atoms with E-state index in [2.05, 4.69) is 9.60 Å². The summed E-state index contributed by atoms with van der Waals surface area (Å²) >= 11 is 0. The average molecular weight is 334 g/mol. The number of amides is 3. The topological polar surface area (TPSA) is 119 Å². The maximum Gasteiger partial charge on any atom is 0.418 e. The predicted octanol–water partition coefficient (Wildman–Crippen LogP) is -1.58. The summed E-state index contributed by atoms with van der Waals surface area (Å²) in [6.07, 6.45) is 0.894. The van der Waals surface area contributed by atoms with Gasteiger partial charge in [0.1, 0.15) is 6.04 Å². The number of carbonyl (C=O) groups excluding carboxylic acids is 2. The second kappa shape index (κ2) is 5.65. The fourth-order valence-electron chi connectivity index (χ4n) is 3.18. The van der Waals surface area contributed by atoms with Crippen LogP contribution < -0.4 is 5.32 Å². The third kappa shape index (κ3) is 2.89. The zero-order chi connectivity index (χ0) is 15.9. The minimum atomic E-state index is -4.76. The molecule has 3 heterocycles. The van der Waals surface area contributed by atoms with Gasteiger partial charge in [-0.25, -0.2) is 4.79 Å². The molecule has 22 heavy (non-hydrogen) atoms. The van der Waals surface area contributed by atoms with Crippen LogP contribution in [0.3, 0.4) is 0 Å². The van der Waals surface area contributed by atoms with Gasteiger partial charge in [0.2, 0.25) is 5.91 Å². The number of urea groups is 1. The van der Waals surface area contributed by atoms with Gasteiger partial charge in [0.25, 0.3) is 0 Å². The van der Waals surface area contributed by atoms with Crippen molar-refractivity contribution in [3.05, 3.63) is 0 Å². The minimum absolute atomic E-state index is 0.123. The highest BCUT2D eigenvalue weighted by atomic mass is 32.3. The molecule has 3 aliphatic heterocycles. The van der Waals surface area contributed by atoms with Crippen LogP contribution in [0.4, 0.5) is 4.79 Å². The highest BCUT2D eigenvalue weighted by molar-refractivity contribution is 7.80. The van der Waals surface area contributed by atoms with E-state index in [0.717, 1.165) is 0 Å². The number of rotatable bonds is 3. The first-order valence-corrected chi connectivity index (χ1v) is 8.49. The van der Waals surface area contributed by atoms with E-state index < -0.39 is 28.5 Å². The molecule has 2 unspecified atom stereocenters. The summed E-state index contributed by atoms with van der Waals surface area (Å²) in [7, 11) is -4.76. The highest BCUT2D eigenvalue weighted by Crippen LogP contribution is 2.31. The Hall–Kier alpha value is -1.43. The lowest BCUT2D eigenvalue weighted by Gasteiger charge is -2.35. The third-order valence-corrected chi connectivity index (χ3v) is 4.56. The molecule has 11 heteroatoms. The van der Waals surface area contributed by atoms with Gasteiger partial charge < -0.3 is 15.1 Å². The van der Waals surface area contributed by atoms with Crippen molar-refractivity contribution >= 4 is 22.3 Å². The van der Waals surface area contributed by atoms with Crippen molar-refractivity contribution in [1.29, 1.82) is 0 Å². The van der Waals surface area contributed by atoms with Gasteiger partial charge in [-0.1, -0.05) is 0 Å². The third-order valence-electron chi connectivity index (χ3n) is 4.21. The molecule has 2 N–H and O–H groups in total. The zero-order valence-corrected chi connectivity index (χ0v) is 12.7. The molecule has 10 nitrogen and oxygen atoms in total. The lowest BCUT2D eigenvalue weighted by atomic mass is 9.99. The zero-order valence-electron chi connectivity index (χ0n) is 11.8. The number of carbonyl (C=O) groups is 2. The summed E-state index contributed by atoms with van der Waals surface area (Å²) < 4.78 is 34.7. The fourth-order valence-corrected chi connectivity index (χ4v) is 3.57. The second-order valence-electron chi connectivity index (χ2n) is 5.59. The molecule has 2 atom stereocenters. The van der Waals surface area contributed by atoms with E-state index in [-0.39, 0.29) is 12.5 Å². The maximum atomic E-state index is 12.6. The molecule has 3 saturated heterocycles. The molecule has 3 fully saturated rings. The van der Waals surface area contributed by atoms with E-state index in [1.807, 2.05) is 0 Å². The number of hydrogen-bond donors (Lipinski definition) is 2. The monoisotopic (exact) mass is 334 g/mol. The van der Waals surface area contributed by atoms with Crippen LogP contribution in [0, 0.1) is 0 Å². The van der Waals surface area contributed by atoms with E-state index in [0.29, 0.717) is 44.1 Å². The Kier molecular flexibility index (Phi) is 3.97. The average Bonchev–Trinajstić information content (AvgIpc) is 2.71. The quantitative estimate of drug-likeness (QED) is 0.598. The van der Waals surface area contributed by atoms with Gasteiger partial charge in [-0.3, -0.25) is 9.35 Å². The van der Waals surface area contributed by atoms with Gasteiger partial charge in [-0.2, -0.15) is 13.5 Å². The molecule has 0 aliphatic carbocycles. The van der Waals surface area contributed by atoms with Crippen LogP contribution in [-0.2, 0) is 19.5 Å². The molecule has 0 aromatic rings. The van der Waals surface area contributed by atoms with Crippen molar-refractivity contribution in [3.8, 4) is 0 Å². The van der Waals surface area contributed by atoms with Crippen molar-refractivity contribution in [2.45, 2.75) is 24.9 Å². The molecule has 0 radical (unpaired) electrons. The summed E-state index contributed by atoms with van der Waals surface area (Å²) in [5.41, 5.74) is 0. The second-order valence-corrected chi connectivity index (χ2v) is 6.59. The van der Waals surface area contributed by atoms with Crippen LogP contribution >= 0.6 is 0 Å². The van der Waals surface area contributed by atoms with Crippen molar-refractivity contribution in [3.63, 3.8) is 0 Å². The fraction of sp³-hybridized carbons (Fsp3) is 0.818. The Balaban J connectivity index is 1.72. The standard InChI is InChI=1S/C11H18N4O6S/c16-10(13-5-3-12-4-6-13)9-2-1-8-7-14(9)11(17)15(8)21-22(18,19)20/h8-9,12H,1-7H2,(H,18,19,20). The first-order chi connectivity index (χ1) is 10.4. The van der Waals surface area contributed by atoms with E-state index in [9.17, 15) is 18.0 Å². The van der Waals surface area contributed by atoms with Gasteiger partial charge in [0.15, 0.2) is 0 Å². The summed E-state index contributed by atoms with van der Waals surface area (Å²) in [5, 5.41) is 3.80. The normalized spacial score (nSPS) is 29.1. The molecule has 0 saturated carbocycles. The Labute approximate surface area is 127 Å². The Morgan fingerprint density at radius 1 is 1.27 bits per heavy atom. The molecule has 0 aromatic carbocycles. The number of nitrogens with zero attached hydrogens (tertiary/aromatic N) is 3. The SMILES string of the molecule is O=C(C1CCC2CN1C(=O)N2OS(=O)(=O)O)N1CCNCC1. The van der Waals surface area contributed by atoms with Crippen molar-refractivity contribution in [2.24, 2.45) is 0 Å². The molecule has 3 rings (SSSR count). The van der Waals surface area contributed by atoms with E-state index >= 15 is 0 Å². The first-order valence-electron chi connectivity index (χ1n) is 7.13. The molecular weight excluding hydrogens is 316 g/mol. The van der Waals surface area contributed by atoms with E-state index in [4.69, 9.17) is 4.55 Å². The summed E-state index contributed by atoms with van der Waals surface area (Å²) in [6, 6.07) is -1.77. The number of hydrogen-bond acceptors (Lipinski definition) is 6. The summed E-state index contributed by atoms with van der Waals surface area (Å²) in [6.45, 7) is 2.83. The van der Waals surface area contributed by atoms with Gasteiger partial charge >= 0.3 is 16.4 Å². The van der Waals surface area contributed by atoms with Crippen LogP contribution in [0.15, 0.2) is 0 Å². The molecule has 3 amide bonds. The maximum absolute atomic E-state index is 12.6. The van der Waals surface area contributed by atoms with Crippen molar-refractivity contribution < 1.29 is 26.8 Å². The van der Waals surface area contributed by atoms with Crippen LogP contribution in [-0.4, -0.2) is 84.6 Å². The van der Waals surface area contributed by atoms with Crippen LogP contribution in [0.5, 0.6) is 0 Å². The van der Waals surface area contributed by atoms with Crippen LogP contribution in [0.1, 0.15) is 12.8 Å². The Morgan fingerprint density at radius 2 is 1.95 bits per heavy atom. The number of piperidine rings is 1. The Morgan fingerprint density at radius 3 is 2.59 bits per heavy atom. The van der Waals surface area contributed by atoms with E-state index in [1.54, 1.807) is 4.90 Å². The number of hydroxylamine groups is 2. The number of piperazine rings is 1. The van der Waals surface area contributed by atoms with Gasteiger partial charge in [-0.15, -0.1) is 4.28 Å². The summed E-state index contributed by atoms with van der Waals surface area (Å²) in [5.74, 6) is -0.123.